The predicted molar refractivity (Wildman–Crippen MR) is 81.2 cm³/mol. The Morgan fingerprint density at radius 3 is 2.47 bits per heavy atom. The highest BCUT2D eigenvalue weighted by atomic mass is 32.3. The minimum absolute atomic E-state index is 0.345. The van der Waals surface area contributed by atoms with Gasteiger partial charge in [0.15, 0.2) is 0 Å². The topological polar surface area (TPSA) is 35.5 Å². The molecule has 1 aromatic carbocycles. The van der Waals surface area contributed by atoms with Crippen LogP contribution >= 0.6 is 10.0 Å². The summed E-state index contributed by atoms with van der Waals surface area (Å²) in [7, 11) is 2.12. The number of hydrogen-bond acceptors (Lipinski definition) is 3. The van der Waals surface area contributed by atoms with Crippen molar-refractivity contribution in [3.63, 3.8) is 0 Å². The summed E-state index contributed by atoms with van der Waals surface area (Å²) in [6, 6.07) is 5.29. The summed E-state index contributed by atoms with van der Waals surface area (Å²) >= 11 is 0. The van der Waals surface area contributed by atoms with Crippen molar-refractivity contribution in [1.82, 2.24) is 0 Å². The van der Waals surface area contributed by atoms with E-state index in [9.17, 15) is 4.79 Å². The second kappa shape index (κ2) is 6.53. The Morgan fingerprint density at radius 1 is 1.26 bits per heavy atom. The lowest BCUT2D eigenvalue weighted by atomic mass is 10.0. The number of carbonyl (C=O) groups is 1. The molecule has 0 N–H and O–H groups in total. The van der Waals surface area contributed by atoms with Crippen LogP contribution in [-0.2, 0) is 11.2 Å². The van der Waals surface area contributed by atoms with E-state index in [1.807, 2.05) is 6.07 Å². The van der Waals surface area contributed by atoms with E-state index >= 15 is 0 Å². The molecule has 1 rings (SSSR count). The molecule has 0 aliphatic carbocycles. The maximum atomic E-state index is 11.7. The summed E-state index contributed by atoms with van der Waals surface area (Å²) in [5.74, 6) is 3.51. The molecule has 0 heterocycles. The van der Waals surface area contributed by atoms with Crippen LogP contribution in [0, 0.1) is 11.2 Å². The Morgan fingerprint density at radius 2 is 1.95 bits per heavy atom. The quantitative estimate of drug-likeness (QED) is 0.631. The lowest BCUT2D eigenvalue weighted by molar-refractivity contribution is 0.0599. The van der Waals surface area contributed by atoms with Crippen LogP contribution in [0.5, 0.6) is 5.75 Å². The highest BCUT2D eigenvalue weighted by molar-refractivity contribution is 8.35. The average molecular weight is 280 g/mol. The van der Waals surface area contributed by atoms with Crippen molar-refractivity contribution in [3.05, 3.63) is 29.3 Å². The zero-order chi connectivity index (χ0) is 14.5. The third-order valence-corrected chi connectivity index (χ3v) is 3.13. The molecule has 0 bridgehead atoms. The third kappa shape index (κ3) is 4.88. The fourth-order valence-corrected chi connectivity index (χ4v) is 2.01. The molecule has 0 aliphatic heterocycles. The fourth-order valence-electron chi connectivity index (χ4n) is 1.50. The first-order chi connectivity index (χ1) is 8.87. The van der Waals surface area contributed by atoms with Gasteiger partial charge < -0.3 is 9.47 Å². The second-order valence-corrected chi connectivity index (χ2v) is 8.69. The standard InChI is InChI=1S/C15H20O3S/c1-17-13-8-9-14(15(16)18-2)12(11-13)7-6-10-19(3,4)5/h8-9,11H,7H2,1-5H3. The smallest absolute Gasteiger partial charge is 0.338 e. The van der Waals surface area contributed by atoms with Crippen molar-refractivity contribution < 1.29 is 14.3 Å². The van der Waals surface area contributed by atoms with E-state index in [1.165, 1.54) is 7.11 Å². The number of carbonyl (C=O) groups excluding carboxylic acids is 1. The summed E-state index contributed by atoms with van der Waals surface area (Å²) in [5.41, 5.74) is 1.38. The van der Waals surface area contributed by atoms with Crippen LogP contribution in [0.15, 0.2) is 18.2 Å². The molecule has 0 fully saturated rings. The fraction of sp³-hybridized carbons (Fsp3) is 0.400. The van der Waals surface area contributed by atoms with Crippen LogP contribution in [0.1, 0.15) is 15.9 Å². The van der Waals surface area contributed by atoms with Gasteiger partial charge in [0.05, 0.1) is 19.8 Å². The van der Waals surface area contributed by atoms with Crippen LogP contribution in [-0.4, -0.2) is 39.0 Å². The molecule has 0 unspecified atom stereocenters. The molecule has 3 nitrogen and oxygen atoms in total. The van der Waals surface area contributed by atoms with Crippen molar-refractivity contribution in [2.45, 2.75) is 6.42 Å². The van der Waals surface area contributed by atoms with E-state index in [4.69, 9.17) is 9.47 Å². The molecule has 4 heteroatoms. The Labute approximate surface area is 116 Å². The number of esters is 1. The van der Waals surface area contributed by atoms with E-state index in [2.05, 4.69) is 29.9 Å². The largest absolute Gasteiger partial charge is 0.497 e. The number of ether oxygens (including phenoxy) is 2. The van der Waals surface area contributed by atoms with E-state index in [0.717, 1.165) is 5.56 Å². The second-order valence-electron chi connectivity index (χ2n) is 4.81. The molecule has 0 saturated heterocycles. The molecule has 0 saturated carbocycles. The van der Waals surface area contributed by atoms with E-state index in [-0.39, 0.29) is 5.97 Å². The predicted octanol–water partition coefficient (Wildman–Crippen LogP) is 2.68. The van der Waals surface area contributed by atoms with Gasteiger partial charge in [0.2, 0.25) is 0 Å². The van der Waals surface area contributed by atoms with Gasteiger partial charge in [0, 0.05) is 6.42 Å². The van der Waals surface area contributed by atoms with Crippen molar-refractivity contribution in [2.24, 2.45) is 0 Å². The molecule has 19 heavy (non-hydrogen) atoms. The minimum atomic E-state index is -0.857. The maximum Gasteiger partial charge on any atom is 0.338 e. The van der Waals surface area contributed by atoms with Gasteiger partial charge in [0.25, 0.3) is 0 Å². The first kappa shape index (κ1) is 15.5. The first-order valence-electron chi connectivity index (χ1n) is 5.80. The zero-order valence-electron chi connectivity index (χ0n) is 12.1. The first-order valence-corrected chi connectivity index (χ1v) is 8.66. The van der Waals surface area contributed by atoms with E-state index in [0.29, 0.717) is 17.7 Å². The van der Waals surface area contributed by atoms with Gasteiger partial charge >= 0.3 is 5.97 Å². The monoisotopic (exact) mass is 280 g/mol. The SMILES string of the molecule is COC(=O)c1ccc(OC)cc1CC#CS(C)(C)C. The summed E-state index contributed by atoms with van der Waals surface area (Å²) in [6.45, 7) is 0. The van der Waals surface area contributed by atoms with Crippen molar-refractivity contribution in [1.29, 1.82) is 0 Å². The number of hydrogen-bond donors (Lipinski definition) is 0. The number of benzene rings is 1. The van der Waals surface area contributed by atoms with Crippen molar-refractivity contribution in [2.75, 3.05) is 33.0 Å². The van der Waals surface area contributed by atoms with Crippen LogP contribution < -0.4 is 4.74 Å². The van der Waals surface area contributed by atoms with Gasteiger partial charge in [-0.1, -0.05) is 11.2 Å². The van der Waals surface area contributed by atoms with Gasteiger partial charge in [-0.3, -0.25) is 0 Å². The molecule has 0 amide bonds. The molecule has 0 aliphatic rings. The van der Waals surface area contributed by atoms with Gasteiger partial charge in [-0.05, 0) is 42.5 Å². The van der Waals surface area contributed by atoms with Gasteiger partial charge in [0.1, 0.15) is 5.75 Å². The van der Waals surface area contributed by atoms with Crippen molar-refractivity contribution >= 4 is 16.0 Å². The van der Waals surface area contributed by atoms with Gasteiger partial charge in [-0.25, -0.2) is 4.79 Å². The van der Waals surface area contributed by atoms with E-state index < -0.39 is 10.0 Å². The molecule has 1 aromatic rings. The molecule has 0 radical (unpaired) electrons. The summed E-state index contributed by atoms with van der Waals surface area (Å²) in [5, 5.41) is 3.23. The van der Waals surface area contributed by atoms with Gasteiger partial charge in [-0.15, -0.1) is 0 Å². The normalized spacial score (nSPS) is 11.2. The number of methoxy groups -OCH3 is 2. The van der Waals surface area contributed by atoms with Crippen LogP contribution in [0.2, 0.25) is 0 Å². The molecule has 0 atom stereocenters. The molecular weight excluding hydrogens is 260 g/mol. The minimum Gasteiger partial charge on any atom is -0.497 e. The average Bonchev–Trinajstić information content (AvgIpc) is 2.36. The molecule has 0 spiro atoms. The van der Waals surface area contributed by atoms with Crippen LogP contribution in [0.3, 0.4) is 0 Å². The van der Waals surface area contributed by atoms with Crippen LogP contribution in [0.25, 0.3) is 0 Å². The molecule has 0 aromatic heterocycles. The van der Waals surface area contributed by atoms with Crippen LogP contribution in [0.4, 0.5) is 0 Å². The Bertz CT molecular complexity index is 518. The lowest BCUT2D eigenvalue weighted by Crippen LogP contribution is -2.05. The Hall–Kier alpha value is -1.60. The summed E-state index contributed by atoms with van der Waals surface area (Å²) < 4.78 is 9.95. The highest BCUT2D eigenvalue weighted by Gasteiger charge is 2.12. The number of rotatable bonds is 3. The highest BCUT2D eigenvalue weighted by Crippen LogP contribution is 2.32. The summed E-state index contributed by atoms with van der Waals surface area (Å²) in [6.07, 6.45) is 6.91. The van der Waals surface area contributed by atoms with Crippen molar-refractivity contribution in [3.8, 4) is 16.9 Å². The summed E-state index contributed by atoms with van der Waals surface area (Å²) in [4.78, 5) is 11.7. The van der Waals surface area contributed by atoms with E-state index in [1.54, 1.807) is 19.2 Å². The lowest BCUT2D eigenvalue weighted by Gasteiger charge is -2.15. The Balaban J connectivity index is 3.07. The third-order valence-electron chi connectivity index (χ3n) is 2.37. The zero-order valence-corrected chi connectivity index (χ0v) is 12.9. The Kier molecular flexibility index (Phi) is 5.31. The molecular formula is C15H20O3S. The van der Waals surface area contributed by atoms with Gasteiger partial charge in [-0.2, -0.15) is 10.0 Å². The molecule has 104 valence electrons. The maximum absolute atomic E-state index is 11.7.